The average molecular weight is 866 g/mol. The van der Waals surface area contributed by atoms with E-state index >= 15 is 4.39 Å². The molecule has 2 atom stereocenters. The molecule has 3 aromatic carbocycles. The number of anilines is 1. The van der Waals surface area contributed by atoms with E-state index in [0.29, 0.717) is 44.2 Å². The summed E-state index contributed by atoms with van der Waals surface area (Å²) in [6, 6.07) is 15.0. The number of hydrogen-bond acceptors (Lipinski definition) is 10. The molecule has 14 heteroatoms. The number of hydrogen-bond donors (Lipinski definition) is 3. The third kappa shape index (κ3) is 9.86. The van der Waals surface area contributed by atoms with Crippen molar-refractivity contribution in [3.8, 4) is 23.8 Å². The van der Waals surface area contributed by atoms with Crippen LogP contribution in [0.25, 0.3) is 0 Å². The molecule has 0 radical (unpaired) electrons. The number of halogens is 1. The highest BCUT2D eigenvalue weighted by Gasteiger charge is 2.64. The second-order valence-electron chi connectivity index (χ2n) is 18.6. The Balaban J connectivity index is 0.895. The predicted octanol–water partition coefficient (Wildman–Crippen LogP) is 5.33. The standard InChI is InChI=1S/C49H60FN5O8/c1-9-38-29(2)22-35(23-30(38)3)63-47-48(4,5)46(49(47,6)7)53-43(57)31-10-12-32(13-11-31)54-19-21-61-37(27-54)28-55(18-20-60-8)33-24-36(25-33)62-34-14-15-39(40(50)26-34)44(58)51-41-16-17-42(56)52-45(41)59/h1,10-15,22-23,26,33,36-37,41,46-47H,16-21,24-25,27-28H2,2-8H3,(H,51,58)(H,53,57)(H,52,56,59)/t33?,36?,37-,41-,46?,47?/m1/s1. The number of methoxy groups -OCH3 is 1. The molecule has 4 amide bonds. The van der Waals surface area contributed by atoms with Crippen molar-refractivity contribution in [1.29, 1.82) is 0 Å². The first kappa shape index (κ1) is 45.5. The molecule has 4 fully saturated rings. The maximum atomic E-state index is 15.1. The molecule has 0 spiro atoms. The summed E-state index contributed by atoms with van der Waals surface area (Å²) < 4.78 is 39.5. The van der Waals surface area contributed by atoms with E-state index in [-0.39, 0.29) is 65.5 Å². The Morgan fingerprint density at radius 3 is 2.30 bits per heavy atom. The van der Waals surface area contributed by atoms with Gasteiger partial charge in [-0.1, -0.05) is 33.6 Å². The smallest absolute Gasteiger partial charge is 0.254 e. The van der Waals surface area contributed by atoms with Gasteiger partial charge in [-0.25, -0.2) is 4.39 Å². The molecule has 2 aliphatic heterocycles. The Labute approximate surface area is 369 Å². The molecule has 336 valence electrons. The van der Waals surface area contributed by atoms with Crippen LogP contribution >= 0.6 is 0 Å². The van der Waals surface area contributed by atoms with Crippen molar-refractivity contribution in [3.05, 3.63) is 88.2 Å². The zero-order valence-electron chi connectivity index (χ0n) is 37.3. The molecule has 0 aromatic heterocycles. The Morgan fingerprint density at radius 2 is 1.67 bits per heavy atom. The van der Waals surface area contributed by atoms with Crippen molar-refractivity contribution < 1.29 is 42.5 Å². The van der Waals surface area contributed by atoms with E-state index in [1.165, 1.54) is 12.1 Å². The van der Waals surface area contributed by atoms with E-state index in [1.807, 2.05) is 50.2 Å². The van der Waals surface area contributed by atoms with Gasteiger partial charge in [-0.15, -0.1) is 6.42 Å². The number of morpholine rings is 1. The molecule has 13 nitrogen and oxygen atoms in total. The third-order valence-corrected chi connectivity index (χ3v) is 13.3. The lowest BCUT2D eigenvalue weighted by Gasteiger charge is -2.63. The summed E-state index contributed by atoms with van der Waals surface area (Å²) in [6.45, 7) is 16.5. The van der Waals surface area contributed by atoms with Crippen molar-refractivity contribution in [2.45, 2.75) is 104 Å². The number of benzene rings is 3. The molecule has 0 bridgehead atoms. The van der Waals surface area contributed by atoms with Crippen LogP contribution in [0.1, 0.15) is 90.8 Å². The Morgan fingerprint density at radius 1 is 0.968 bits per heavy atom. The molecule has 2 saturated carbocycles. The third-order valence-electron chi connectivity index (χ3n) is 13.3. The van der Waals surface area contributed by atoms with Gasteiger partial charge in [-0.05, 0) is 79.9 Å². The van der Waals surface area contributed by atoms with Gasteiger partial charge >= 0.3 is 0 Å². The van der Waals surface area contributed by atoms with Crippen LogP contribution in [0.4, 0.5) is 10.1 Å². The molecule has 3 aromatic rings. The number of piperidine rings is 1. The van der Waals surface area contributed by atoms with E-state index in [9.17, 15) is 19.2 Å². The first-order valence-corrected chi connectivity index (χ1v) is 21.8. The van der Waals surface area contributed by atoms with Crippen LogP contribution in [0, 0.1) is 42.8 Å². The summed E-state index contributed by atoms with van der Waals surface area (Å²) in [5.41, 5.74) is 3.66. The van der Waals surface area contributed by atoms with Gasteiger partial charge < -0.3 is 34.5 Å². The Hall–Kier alpha value is -5.49. The minimum Gasteiger partial charge on any atom is -0.490 e. The van der Waals surface area contributed by atoms with E-state index < -0.39 is 29.6 Å². The van der Waals surface area contributed by atoms with Crippen LogP contribution < -0.4 is 30.3 Å². The summed E-state index contributed by atoms with van der Waals surface area (Å²) in [5.74, 6) is 1.25. The van der Waals surface area contributed by atoms with Gasteiger partial charge in [-0.2, -0.15) is 0 Å². The van der Waals surface area contributed by atoms with Crippen molar-refractivity contribution in [2.24, 2.45) is 10.8 Å². The van der Waals surface area contributed by atoms with Crippen molar-refractivity contribution >= 4 is 29.3 Å². The van der Waals surface area contributed by atoms with Crippen LogP contribution in [0.15, 0.2) is 54.6 Å². The molecule has 3 N–H and O–H groups in total. The maximum Gasteiger partial charge on any atom is 0.254 e. The summed E-state index contributed by atoms with van der Waals surface area (Å²) in [4.78, 5) is 54.5. The highest BCUT2D eigenvalue weighted by molar-refractivity contribution is 6.04. The van der Waals surface area contributed by atoms with Crippen LogP contribution in [0.2, 0.25) is 0 Å². The number of carbonyl (C=O) groups excluding carboxylic acids is 4. The topological polar surface area (TPSA) is 148 Å². The number of terminal acetylenes is 1. The zero-order valence-corrected chi connectivity index (χ0v) is 37.3. The van der Waals surface area contributed by atoms with Gasteiger partial charge in [0.1, 0.15) is 35.6 Å². The van der Waals surface area contributed by atoms with Crippen molar-refractivity contribution in [3.63, 3.8) is 0 Å². The van der Waals surface area contributed by atoms with Gasteiger partial charge in [0.15, 0.2) is 0 Å². The molecular weight excluding hydrogens is 806 g/mol. The van der Waals surface area contributed by atoms with Gasteiger partial charge in [0.05, 0.1) is 24.9 Å². The largest absolute Gasteiger partial charge is 0.490 e. The number of nitrogens with zero attached hydrogens (tertiary/aromatic N) is 2. The molecule has 2 aliphatic carbocycles. The van der Waals surface area contributed by atoms with Gasteiger partial charge in [0.25, 0.3) is 11.8 Å². The summed E-state index contributed by atoms with van der Waals surface area (Å²) in [7, 11) is 1.68. The molecular formula is C49H60FN5O8. The average Bonchev–Trinajstić information content (AvgIpc) is 3.22. The van der Waals surface area contributed by atoms with Crippen LogP contribution in [-0.4, -0.2) is 111 Å². The number of nitrogens with one attached hydrogen (secondary N) is 3. The molecule has 2 saturated heterocycles. The van der Waals surface area contributed by atoms with Crippen LogP contribution in [0.3, 0.4) is 0 Å². The first-order valence-electron chi connectivity index (χ1n) is 21.8. The fourth-order valence-corrected chi connectivity index (χ4v) is 10.1. The molecule has 63 heavy (non-hydrogen) atoms. The minimum absolute atomic E-state index is 0.0622. The second-order valence-corrected chi connectivity index (χ2v) is 18.6. The molecule has 0 unspecified atom stereocenters. The van der Waals surface area contributed by atoms with Gasteiger partial charge in [-0.3, -0.25) is 29.4 Å². The maximum absolute atomic E-state index is 15.1. The number of aryl methyl sites for hydroxylation is 2. The number of ether oxygens (including phenoxy) is 4. The van der Waals surface area contributed by atoms with E-state index in [2.05, 4.69) is 59.4 Å². The summed E-state index contributed by atoms with van der Waals surface area (Å²) in [5, 5.41) is 8.01. The second kappa shape index (κ2) is 18.7. The number of amides is 4. The SMILES string of the molecule is C#Cc1c(C)cc(OC2C(C)(C)C(NC(=O)c3ccc(N4CCO[C@@H](CN(CCOC)C5CC(Oc6ccc(C(=O)N[C@@H]7CCC(=O)NC7=O)c(F)c6)C5)C4)cc3)C2(C)C)cc1C. The van der Waals surface area contributed by atoms with Gasteiger partial charge in [0.2, 0.25) is 11.8 Å². The number of imide groups is 1. The van der Waals surface area contributed by atoms with E-state index in [4.69, 9.17) is 25.4 Å². The lowest BCUT2D eigenvalue weighted by atomic mass is 9.49. The number of carbonyl (C=O) groups is 4. The fraction of sp³-hybridized carbons (Fsp3) is 0.510. The highest BCUT2D eigenvalue weighted by atomic mass is 19.1. The molecule has 4 aliphatic rings. The summed E-state index contributed by atoms with van der Waals surface area (Å²) in [6.07, 6.45) is 7.11. The summed E-state index contributed by atoms with van der Waals surface area (Å²) >= 11 is 0. The monoisotopic (exact) mass is 865 g/mol. The number of rotatable bonds is 15. The lowest BCUT2D eigenvalue weighted by molar-refractivity contribution is -0.164. The zero-order chi connectivity index (χ0) is 45.2. The quantitative estimate of drug-likeness (QED) is 0.135. The highest BCUT2D eigenvalue weighted by Crippen LogP contribution is 2.55. The van der Waals surface area contributed by atoms with Gasteiger partial charge in [0, 0.05) is 98.3 Å². The normalized spacial score (nSPS) is 24.9. The Kier molecular flexibility index (Phi) is 13.5. The lowest BCUT2D eigenvalue weighted by Crippen LogP contribution is -2.74. The van der Waals surface area contributed by atoms with Crippen molar-refractivity contribution in [1.82, 2.24) is 20.9 Å². The molecule has 2 heterocycles. The van der Waals surface area contributed by atoms with Crippen LogP contribution in [0.5, 0.6) is 11.5 Å². The predicted molar refractivity (Wildman–Crippen MR) is 236 cm³/mol. The minimum atomic E-state index is -0.901. The molecule has 7 rings (SSSR count). The van der Waals surface area contributed by atoms with Crippen molar-refractivity contribution in [2.75, 3.05) is 51.4 Å². The van der Waals surface area contributed by atoms with E-state index in [1.54, 1.807) is 13.2 Å². The fourth-order valence-electron chi connectivity index (χ4n) is 10.1. The Bertz CT molecular complexity index is 2210. The van der Waals surface area contributed by atoms with E-state index in [0.717, 1.165) is 47.5 Å². The van der Waals surface area contributed by atoms with Crippen LogP contribution in [-0.2, 0) is 19.1 Å². The first-order chi connectivity index (χ1) is 30.0.